The molecule has 1 amide bonds. The summed E-state index contributed by atoms with van der Waals surface area (Å²) in [6.45, 7) is 6.40. The molecule has 1 spiro atoms. The zero-order valence-corrected chi connectivity index (χ0v) is 24.2. The maximum atomic E-state index is 13.1. The van der Waals surface area contributed by atoms with Crippen LogP contribution in [0, 0.1) is 29.5 Å². The minimum Gasteiger partial charge on any atom is -0.367 e. The molecule has 4 aliphatic heterocycles. The first kappa shape index (κ1) is 29.1. The fraction of sp³-hybridized carbons (Fsp3) is 0.515. The van der Waals surface area contributed by atoms with Crippen LogP contribution in [0.15, 0.2) is 54.6 Å². The molecule has 0 aromatic heterocycles. The minimum atomic E-state index is -0.862. The number of benzene rings is 2. The van der Waals surface area contributed by atoms with Gasteiger partial charge in [0.1, 0.15) is 18.7 Å². The molecule has 8 nitrogen and oxygen atoms in total. The van der Waals surface area contributed by atoms with Gasteiger partial charge in [-0.25, -0.2) is 14.2 Å². The van der Waals surface area contributed by atoms with Crippen molar-refractivity contribution in [2.24, 2.45) is 23.7 Å². The van der Waals surface area contributed by atoms with Crippen molar-refractivity contribution in [3.05, 3.63) is 77.1 Å². The topological polar surface area (TPSA) is 92.3 Å². The van der Waals surface area contributed by atoms with Crippen LogP contribution in [0.4, 0.5) is 4.39 Å². The van der Waals surface area contributed by atoms with E-state index in [9.17, 15) is 14.0 Å². The van der Waals surface area contributed by atoms with Crippen molar-refractivity contribution in [2.45, 2.75) is 77.0 Å². The second kappa shape index (κ2) is 11.6. The molecule has 2 aromatic rings. The maximum Gasteiger partial charge on any atom is 0.248 e. The summed E-state index contributed by atoms with van der Waals surface area (Å²) in [4.78, 5) is 37.2. The smallest absolute Gasteiger partial charge is 0.248 e. The molecule has 1 N–H and O–H groups in total. The number of ether oxygens (including phenoxy) is 3. The highest BCUT2D eigenvalue weighted by molar-refractivity contribution is 6.06. The quantitative estimate of drug-likeness (QED) is 0.249. The van der Waals surface area contributed by atoms with Crippen molar-refractivity contribution in [3.63, 3.8) is 0 Å². The van der Waals surface area contributed by atoms with Crippen LogP contribution in [0.2, 0.25) is 0 Å². The maximum absolute atomic E-state index is 13.1. The molecular weight excluding hydrogens is 541 g/mol. The minimum absolute atomic E-state index is 0.00499. The first-order valence-electron chi connectivity index (χ1n) is 14.8. The number of hydrogen-bond donors (Lipinski definition) is 1. The average Bonchev–Trinajstić information content (AvgIpc) is 3.21. The Hall–Kier alpha value is -2.95. The third-order valence-electron chi connectivity index (χ3n) is 9.50. The molecule has 4 heterocycles. The zero-order valence-electron chi connectivity index (χ0n) is 24.2. The standard InChI is InChI=1S/C33H38FNO7/c1-20-4-14-27-21(2)30(39-31-33(27)26(20)16-17-32(3,40-31)41-42-33)35-29(37)19-38-18-23-7-5-22(6-8-23)9-15-28(36)24-10-12-25(34)13-11-24/h5-13,15,20-21,26-27,30-31H,4,14,16-19H2,1-3H3,(H,35,37)/b15-9+/t20-,21-,26+,27+,30+,31-,32-,33-/m1/s1. The summed E-state index contributed by atoms with van der Waals surface area (Å²) in [5, 5.41) is 3.02. The largest absolute Gasteiger partial charge is 0.367 e. The van der Waals surface area contributed by atoms with E-state index in [1.165, 1.54) is 30.3 Å². The Morgan fingerprint density at radius 3 is 2.55 bits per heavy atom. The SMILES string of the molecule is C[C@H]1[C@@H](NC(=O)COCc2ccc(/C=C/C(=O)c3ccc(F)cc3)cc2)O[C@@H]2O[C@@]3(C)CC[C@H]4[C@H](C)CC[C@@H]1[C@@]24OO3. The number of hydrogen-bond acceptors (Lipinski definition) is 7. The van der Waals surface area contributed by atoms with E-state index in [1.54, 1.807) is 6.08 Å². The summed E-state index contributed by atoms with van der Waals surface area (Å²) in [7, 11) is 0. The van der Waals surface area contributed by atoms with Crippen LogP contribution in [0.3, 0.4) is 0 Å². The summed E-state index contributed by atoms with van der Waals surface area (Å²) < 4.78 is 31.5. The van der Waals surface area contributed by atoms with Crippen molar-refractivity contribution >= 4 is 17.8 Å². The summed E-state index contributed by atoms with van der Waals surface area (Å²) in [6.07, 6.45) is 5.77. The normalized spacial score (nSPS) is 35.4. The van der Waals surface area contributed by atoms with Crippen molar-refractivity contribution in [1.29, 1.82) is 0 Å². The van der Waals surface area contributed by atoms with Gasteiger partial charge in [0.15, 0.2) is 17.7 Å². The molecule has 2 bridgehead atoms. The van der Waals surface area contributed by atoms with Gasteiger partial charge in [-0.3, -0.25) is 9.59 Å². The number of amides is 1. The van der Waals surface area contributed by atoms with Crippen molar-refractivity contribution in [3.8, 4) is 0 Å². The molecule has 9 heteroatoms. The molecule has 42 heavy (non-hydrogen) atoms. The fourth-order valence-electron chi connectivity index (χ4n) is 7.14. The second-order valence-electron chi connectivity index (χ2n) is 12.3. The Bertz CT molecular complexity index is 1330. The van der Waals surface area contributed by atoms with Crippen LogP contribution >= 0.6 is 0 Å². The molecule has 0 radical (unpaired) electrons. The van der Waals surface area contributed by atoms with Crippen LogP contribution in [0.25, 0.3) is 6.08 Å². The van der Waals surface area contributed by atoms with E-state index >= 15 is 0 Å². The van der Waals surface area contributed by atoms with Crippen molar-refractivity contribution < 1.29 is 38.0 Å². The fourth-order valence-corrected chi connectivity index (χ4v) is 7.14. The molecule has 1 aliphatic carbocycles. The number of carbonyl (C=O) groups excluding carboxylic acids is 2. The number of carbonyl (C=O) groups is 2. The van der Waals surface area contributed by atoms with Gasteiger partial charge in [0.05, 0.1) is 6.61 Å². The number of nitrogens with one attached hydrogen (secondary N) is 1. The van der Waals surface area contributed by atoms with Crippen LogP contribution in [-0.4, -0.2) is 42.2 Å². The number of allylic oxidation sites excluding steroid dienone is 1. The highest BCUT2D eigenvalue weighted by Gasteiger charge is 2.69. The van der Waals surface area contributed by atoms with Gasteiger partial charge in [-0.05, 0) is 79.5 Å². The Labute approximate surface area is 245 Å². The summed E-state index contributed by atoms with van der Waals surface area (Å²) in [6, 6.07) is 12.9. The first-order chi connectivity index (χ1) is 20.2. The molecule has 8 atom stereocenters. The summed E-state index contributed by atoms with van der Waals surface area (Å²) in [5.41, 5.74) is 1.49. The van der Waals surface area contributed by atoms with E-state index < -0.39 is 23.9 Å². The number of ketones is 1. The lowest BCUT2D eigenvalue weighted by molar-refractivity contribution is -0.571. The Kier molecular flexibility index (Phi) is 8.06. The molecule has 224 valence electrons. The monoisotopic (exact) mass is 579 g/mol. The van der Waals surface area contributed by atoms with Crippen molar-refractivity contribution in [2.75, 3.05) is 6.61 Å². The number of halogens is 1. The van der Waals surface area contributed by atoms with E-state index in [1.807, 2.05) is 31.2 Å². The predicted molar refractivity (Wildman–Crippen MR) is 151 cm³/mol. The summed E-state index contributed by atoms with van der Waals surface area (Å²) in [5.74, 6) is -0.829. The molecule has 2 aromatic carbocycles. The van der Waals surface area contributed by atoms with E-state index in [0.717, 1.165) is 36.8 Å². The van der Waals surface area contributed by atoms with Gasteiger partial charge in [0, 0.05) is 23.8 Å². The zero-order chi connectivity index (χ0) is 29.5. The Balaban J connectivity index is 1.01. The van der Waals surface area contributed by atoms with Crippen LogP contribution in [0.1, 0.15) is 67.9 Å². The van der Waals surface area contributed by atoms with Gasteiger partial charge in [-0.2, -0.15) is 0 Å². The lowest BCUT2D eigenvalue weighted by atomic mass is 9.58. The third-order valence-corrected chi connectivity index (χ3v) is 9.50. The van der Waals surface area contributed by atoms with Gasteiger partial charge < -0.3 is 19.5 Å². The molecule has 4 saturated heterocycles. The van der Waals surface area contributed by atoms with E-state index in [4.69, 9.17) is 24.0 Å². The summed E-state index contributed by atoms with van der Waals surface area (Å²) >= 11 is 0. The van der Waals surface area contributed by atoms with Crippen LogP contribution in [0.5, 0.6) is 0 Å². The molecule has 5 aliphatic rings. The second-order valence-corrected chi connectivity index (χ2v) is 12.3. The molecule has 5 fully saturated rings. The average molecular weight is 580 g/mol. The van der Waals surface area contributed by atoms with Gasteiger partial charge >= 0.3 is 0 Å². The van der Waals surface area contributed by atoms with E-state index in [0.29, 0.717) is 11.5 Å². The van der Waals surface area contributed by atoms with Crippen LogP contribution < -0.4 is 5.32 Å². The van der Waals surface area contributed by atoms with Gasteiger partial charge in [-0.15, -0.1) is 0 Å². The lowest BCUT2D eigenvalue weighted by Crippen LogP contribution is -2.72. The highest BCUT2D eigenvalue weighted by Crippen LogP contribution is 2.60. The first-order valence-corrected chi connectivity index (χ1v) is 14.8. The van der Waals surface area contributed by atoms with E-state index in [-0.39, 0.29) is 48.5 Å². The number of rotatable bonds is 8. The predicted octanol–water partition coefficient (Wildman–Crippen LogP) is 5.56. The Morgan fingerprint density at radius 1 is 1.02 bits per heavy atom. The molecular formula is C33H38FNO7. The third kappa shape index (κ3) is 5.56. The molecule has 7 rings (SSSR count). The van der Waals surface area contributed by atoms with Crippen LogP contribution in [-0.2, 0) is 35.4 Å². The lowest BCUT2D eigenvalue weighted by Gasteiger charge is -2.60. The van der Waals surface area contributed by atoms with Gasteiger partial charge in [0.2, 0.25) is 11.7 Å². The Morgan fingerprint density at radius 2 is 1.79 bits per heavy atom. The number of fused-ring (bicyclic) bond motifs is 2. The van der Waals surface area contributed by atoms with E-state index in [2.05, 4.69) is 19.2 Å². The van der Waals surface area contributed by atoms with Crippen molar-refractivity contribution in [1.82, 2.24) is 5.32 Å². The molecule has 1 saturated carbocycles. The van der Waals surface area contributed by atoms with Gasteiger partial charge in [0.25, 0.3) is 0 Å². The van der Waals surface area contributed by atoms with Gasteiger partial charge in [-0.1, -0.05) is 44.2 Å². The highest BCUT2D eigenvalue weighted by atomic mass is 19.1. The molecule has 0 unspecified atom stereocenters.